The van der Waals surface area contributed by atoms with Crippen molar-refractivity contribution in [3.8, 4) is 0 Å². The Hall–Kier alpha value is -2.35. The number of ether oxygens (including phenoxy) is 2. The zero-order valence-electron chi connectivity index (χ0n) is 24.9. The molecule has 1 saturated heterocycles. The molecule has 0 aromatic heterocycles. The second kappa shape index (κ2) is 19.7. The van der Waals surface area contributed by atoms with Crippen LogP contribution < -0.4 is 5.32 Å². The highest BCUT2D eigenvalue weighted by Gasteiger charge is 2.27. The van der Waals surface area contributed by atoms with Gasteiger partial charge in [0.2, 0.25) is 0 Å². The molecular formula is C32H50F2N2O3. The molecule has 0 saturated carbocycles. The van der Waals surface area contributed by atoms with Gasteiger partial charge in [-0.3, -0.25) is 4.90 Å². The Morgan fingerprint density at radius 1 is 1.26 bits per heavy atom. The largest absolute Gasteiger partial charge is 0.491 e. The number of aryl methyl sites for hydroxylation is 1. The molecule has 0 amide bonds. The summed E-state index contributed by atoms with van der Waals surface area (Å²) >= 11 is 0. The van der Waals surface area contributed by atoms with Crippen molar-refractivity contribution in [2.45, 2.75) is 78.3 Å². The quantitative estimate of drug-likeness (QED) is 0.115. The number of allylic oxidation sites excluding steroid dienone is 3. The number of likely N-dealkylation sites (tertiary alicyclic amines) is 1. The van der Waals surface area contributed by atoms with Crippen molar-refractivity contribution in [1.82, 2.24) is 10.2 Å². The van der Waals surface area contributed by atoms with Crippen LogP contribution in [-0.4, -0.2) is 63.7 Å². The molecule has 1 aromatic carbocycles. The number of nitrogens with one attached hydrogen (secondary N) is 1. The van der Waals surface area contributed by atoms with E-state index in [4.69, 9.17) is 9.47 Å². The van der Waals surface area contributed by atoms with Crippen molar-refractivity contribution < 1.29 is 23.0 Å². The van der Waals surface area contributed by atoms with E-state index in [2.05, 4.69) is 56.8 Å². The summed E-state index contributed by atoms with van der Waals surface area (Å²) in [5.41, 5.74) is 2.78. The number of carbonyl (C=O) groups excluding carboxylic acids is 1. The topological polar surface area (TPSA) is 50.8 Å². The van der Waals surface area contributed by atoms with Crippen LogP contribution in [0.15, 0.2) is 53.8 Å². The number of methoxy groups -OCH3 is 1. The molecule has 0 spiro atoms. The number of aldehydes is 1. The third-order valence-corrected chi connectivity index (χ3v) is 7.06. The normalized spacial score (nSPS) is 19.2. The minimum absolute atomic E-state index is 0.338. The Morgan fingerprint density at radius 3 is 2.59 bits per heavy atom. The number of hydrogen-bond donors (Lipinski definition) is 1. The van der Waals surface area contributed by atoms with Crippen LogP contribution >= 0.6 is 0 Å². The predicted molar refractivity (Wildman–Crippen MR) is 157 cm³/mol. The third kappa shape index (κ3) is 13.5. The monoisotopic (exact) mass is 548 g/mol. The van der Waals surface area contributed by atoms with Gasteiger partial charge in [0.15, 0.2) is 11.6 Å². The summed E-state index contributed by atoms with van der Waals surface area (Å²) in [7, 11) is 3.79. The lowest BCUT2D eigenvalue weighted by Gasteiger charge is -2.40. The Kier molecular flexibility index (Phi) is 17.5. The van der Waals surface area contributed by atoms with Gasteiger partial charge >= 0.3 is 0 Å². The minimum Gasteiger partial charge on any atom is -0.491 e. The van der Waals surface area contributed by atoms with E-state index in [-0.39, 0.29) is 0 Å². The summed E-state index contributed by atoms with van der Waals surface area (Å²) in [5, 5.41) is 3.47. The van der Waals surface area contributed by atoms with Gasteiger partial charge in [0.1, 0.15) is 18.7 Å². The van der Waals surface area contributed by atoms with Crippen molar-refractivity contribution in [3.05, 3.63) is 71.0 Å². The van der Waals surface area contributed by atoms with Crippen LogP contribution in [0.4, 0.5) is 8.78 Å². The van der Waals surface area contributed by atoms with Crippen LogP contribution in [-0.2, 0) is 20.7 Å². The van der Waals surface area contributed by atoms with Gasteiger partial charge in [-0.2, -0.15) is 0 Å². The second-order valence-electron chi connectivity index (χ2n) is 10.3. The fourth-order valence-corrected chi connectivity index (χ4v) is 4.57. The van der Waals surface area contributed by atoms with E-state index in [1.165, 1.54) is 38.3 Å². The smallest absolute Gasteiger partial charge is 0.159 e. The Balaban J connectivity index is 0.000000525. The lowest BCUT2D eigenvalue weighted by molar-refractivity contribution is -0.107. The summed E-state index contributed by atoms with van der Waals surface area (Å²) in [6, 6.07) is 5.02. The average Bonchev–Trinajstić information content (AvgIpc) is 2.92. The first-order valence-electron chi connectivity index (χ1n) is 14.1. The molecule has 39 heavy (non-hydrogen) atoms. The van der Waals surface area contributed by atoms with Crippen molar-refractivity contribution in [2.75, 3.05) is 40.5 Å². The van der Waals surface area contributed by atoms with Gasteiger partial charge in [-0.25, -0.2) is 8.78 Å². The third-order valence-electron chi connectivity index (χ3n) is 7.06. The van der Waals surface area contributed by atoms with Crippen LogP contribution in [0.1, 0.15) is 65.4 Å². The number of hydrogen-bond acceptors (Lipinski definition) is 5. The number of carbonyl (C=O) groups is 1. The van der Waals surface area contributed by atoms with Crippen LogP contribution in [0.3, 0.4) is 0 Å². The summed E-state index contributed by atoms with van der Waals surface area (Å²) in [4.78, 5) is 12.6. The number of benzene rings is 1. The SMILES string of the molecule is C=C(C)/C(C)=C(\C=C/C(C)CN1CCC(NC)CC1CCC)OCCOC.O=CCCc1ccc(F)c(F)c1. The molecule has 220 valence electrons. The molecule has 1 N–H and O–H groups in total. The van der Waals surface area contributed by atoms with Gasteiger partial charge in [0.25, 0.3) is 0 Å². The fraction of sp³-hybridized carbons (Fsp3) is 0.594. The molecular weight excluding hydrogens is 498 g/mol. The number of rotatable bonds is 15. The van der Waals surface area contributed by atoms with E-state index in [1.54, 1.807) is 7.11 Å². The van der Waals surface area contributed by atoms with Crippen LogP contribution in [0.5, 0.6) is 0 Å². The van der Waals surface area contributed by atoms with Gasteiger partial charge in [0, 0.05) is 32.2 Å². The maximum Gasteiger partial charge on any atom is 0.159 e. The molecule has 2 rings (SSSR count). The number of halogens is 2. The highest BCUT2D eigenvalue weighted by atomic mass is 19.2. The molecule has 1 aliphatic heterocycles. The fourth-order valence-electron chi connectivity index (χ4n) is 4.57. The van der Waals surface area contributed by atoms with Gasteiger partial charge in [-0.1, -0.05) is 44.6 Å². The zero-order valence-corrected chi connectivity index (χ0v) is 24.9. The molecule has 1 heterocycles. The minimum atomic E-state index is -0.863. The summed E-state index contributed by atoms with van der Waals surface area (Å²) in [6.45, 7) is 16.2. The Morgan fingerprint density at radius 2 is 2.00 bits per heavy atom. The van der Waals surface area contributed by atoms with Crippen LogP contribution in [0, 0.1) is 17.6 Å². The molecule has 3 unspecified atom stereocenters. The summed E-state index contributed by atoms with van der Waals surface area (Å²) < 4.78 is 35.9. The first-order chi connectivity index (χ1) is 18.7. The van der Waals surface area contributed by atoms with Gasteiger partial charge in [-0.05, 0) is 88.4 Å². The summed E-state index contributed by atoms with van der Waals surface area (Å²) in [5.74, 6) is -0.330. The molecule has 0 radical (unpaired) electrons. The van der Waals surface area contributed by atoms with Crippen molar-refractivity contribution in [1.29, 1.82) is 0 Å². The first kappa shape index (κ1) is 34.7. The first-order valence-corrected chi connectivity index (χ1v) is 14.1. The van der Waals surface area contributed by atoms with E-state index in [1.807, 2.05) is 6.92 Å². The molecule has 1 aliphatic rings. The van der Waals surface area contributed by atoms with Crippen LogP contribution in [0.25, 0.3) is 0 Å². The van der Waals surface area contributed by atoms with Gasteiger partial charge < -0.3 is 19.6 Å². The lowest BCUT2D eigenvalue weighted by Crippen LogP contribution is -2.49. The van der Waals surface area contributed by atoms with E-state index in [0.717, 1.165) is 41.9 Å². The number of piperidine rings is 1. The standard InChI is InChI=1S/C23H42N2O2.C9H8F2O/c1-8-9-22-16-21(24-6)12-13-25(22)17-19(4)10-11-23(20(5)18(2)3)27-15-14-26-7;10-8-4-3-7(2-1-5-12)6-9(8)11/h10-11,19,21-22,24H,2,8-9,12-17H2,1,3-7H3;3-6H,1-2H2/b11-10-,23-20+;. The average molecular weight is 549 g/mol. The molecule has 5 nitrogen and oxygen atoms in total. The molecule has 7 heteroatoms. The molecule has 1 aromatic rings. The van der Waals surface area contributed by atoms with E-state index in [9.17, 15) is 13.6 Å². The van der Waals surface area contributed by atoms with Crippen molar-refractivity contribution in [2.24, 2.45) is 5.92 Å². The maximum atomic E-state index is 12.5. The Bertz CT molecular complexity index is 932. The van der Waals surface area contributed by atoms with Crippen LogP contribution in [0.2, 0.25) is 0 Å². The summed E-state index contributed by atoms with van der Waals surface area (Å²) in [6.07, 6.45) is 11.0. The van der Waals surface area contributed by atoms with E-state index in [0.29, 0.717) is 49.6 Å². The van der Waals surface area contributed by atoms with Crippen molar-refractivity contribution >= 4 is 6.29 Å². The van der Waals surface area contributed by atoms with Gasteiger partial charge in [-0.15, -0.1) is 0 Å². The van der Waals surface area contributed by atoms with E-state index < -0.39 is 11.6 Å². The molecule has 0 bridgehead atoms. The predicted octanol–water partition coefficient (Wildman–Crippen LogP) is 6.64. The lowest BCUT2D eigenvalue weighted by atomic mass is 9.93. The highest BCUT2D eigenvalue weighted by molar-refractivity contribution is 5.50. The molecule has 1 fully saturated rings. The Labute approximate surface area is 235 Å². The van der Waals surface area contributed by atoms with Gasteiger partial charge in [0.05, 0.1) is 6.61 Å². The van der Waals surface area contributed by atoms with E-state index >= 15 is 0 Å². The zero-order chi connectivity index (χ0) is 29.2. The molecule has 0 aliphatic carbocycles. The maximum absolute atomic E-state index is 12.5. The second-order valence-corrected chi connectivity index (χ2v) is 10.3. The number of nitrogens with zero attached hydrogens (tertiary/aromatic N) is 1. The highest BCUT2D eigenvalue weighted by Crippen LogP contribution is 2.23. The van der Waals surface area contributed by atoms with Crippen molar-refractivity contribution in [3.63, 3.8) is 0 Å². The molecule has 3 atom stereocenters.